The number of urea groups is 1. The first-order valence-electron chi connectivity index (χ1n) is 10.3. The van der Waals surface area contributed by atoms with Gasteiger partial charge in [-0.05, 0) is 35.9 Å². The van der Waals surface area contributed by atoms with Gasteiger partial charge in [0.2, 0.25) is 0 Å². The molecular weight excluding hydrogens is 467 g/mol. The maximum atomic E-state index is 13.7. The lowest BCUT2D eigenvalue weighted by Gasteiger charge is -2.46. The van der Waals surface area contributed by atoms with E-state index >= 15 is 0 Å². The molecule has 0 saturated heterocycles. The number of hydrogen-bond donors (Lipinski definition) is 2. The summed E-state index contributed by atoms with van der Waals surface area (Å²) < 4.78 is 40.2. The van der Waals surface area contributed by atoms with Crippen molar-refractivity contribution in [3.05, 3.63) is 76.5 Å². The second-order valence-corrected chi connectivity index (χ2v) is 7.98. The topological polar surface area (TPSA) is 117 Å². The lowest BCUT2D eigenvalue weighted by atomic mass is 9.90. The van der Waals surface area contributed by atoms with Crippen molar-refractivity contribution in [1.82, 2.24) is 15.3 Å². The molecule has 2 aromatic carbocycles. The lowest BCUT2D eigenvalue weighted by Crippen LogP contribution is -2.59. The molecule has 9 nitrogen and oxygen atoms in total. The van der Waals surface area contributed by atoms with Gasteiger partial charge in [-0.1, -0.05) is 18.2 Å². The molecule has 2 aliphatic heterocycles. The number of nitrogens with one attached hydrogen (secondary N) is 1. The zero-order chi connectivity index (χ0) is 25.5. The number of amides is 3. The van der Waals surface area contributed by atoms with Gasteiger partial charge < -0.3 is 10.0 Å². The van der Waals surface area contributed by atoms with Crippen LogP contribution in [0.3, 0.4) is 0 Å². The van der Waals surface area contributed by atoms with Gasteiger partial charge in [-0.2, -0.15) is 18.4 Å². The number of nitrogens with zero attached hydrogens (tertiary/aromatic N) is 4. The van der Waals surface area contributed by atoms with Crippen LogP contribution in [0.15, 0.2) is 59.8 Å². The van der Waals surface area contributed by atoms with E-state index < -0.39 is 42.2 Å². The molecule has 2 heterocycles. The smallest absolute Gasteiger partial charge is 0.416 e. The largest absolute Gasteiger partial charge is 0.480 e. The molecule has 0 unspecified atom stereocenters. The van der Waals surface area contributed by atoms with E-state index in [2.05, 4.69) is 5.43 Å². The number of likely N-dealkylation sites (N-methyl/N-ethyl adjacent to an activating group) is 1. The fourth-order valence-corrected chi connectivity index (χ4v) is 4.18. The van der Waals surface area contributed by atoms with Crippen molar-refractivity contribution in [2.45, 2.75) is 12.2 Å². The number of hydrazine groups is 1. The zero-order valence-corrected chi connectivity index (χ0v) is 18.2. The fourth-order valence-electron chi connectivity index (χ4n) is 4.18. The summed E-state index contributed by atoms with van der Waals surface area (Å²) in [6.07, 6.45) is -4.68. The molecule has 0 radical (unpaired) electrons. The monoisotopic (exact) mass is 485 g/mol. The molecule has 0 fully saturated rings. The van der Waals surface area contributed by atoms with Crippen molar-refractivity contribution in [1.29, 1.82) is 5.26 Å². The molecule has 2 N–H and O–H groups in total. The van der Waals surface area contributed by atoms with Crippen LogP contribution in [-0.4, -0.2) is 53.1 Å². The molecule has 180 valence electrons. The van der Waals surface area contributed by atoms with E-state index in [0.29, 0.717) is 11.1 Å². The quantitative estimate of drug-likeness (QED) is 0.688. The molecule has 2 aromatic rings. The molecule has 12 heteroatoms. The highest BCUT2D eigenvalue weighted by Crippen LogP contribution is 2.42. The molecule has 1 atom stereocenters. The number of anilines is 1. The van der Waals surface area contributed by atoms with E-state index in [1.807, 2.05) is 6.07 Å². The number of halogens is 3. The SMILES string of the molecule is CN1CC2=C(C(=O)N1)[C@@H](c1ccc(C#N)cc1)N(CC(=O)O)C(=O)N2c1cccc(C(F)(F)F)c1. The average Bonchev–Trinajstić information content (AvgIpc) is 2.79. The van der Waals surface area contributed by atoms with E-state index in [4.69, 9.17) is 5.26 Å². The Morgan fingerprint density at radius 2 is 1.89 bits per heavy atom. The first kappa shape index (κ1) is 23.8. The van der Waals surface area contributed by atoms with E-state index in [0.717, 1.165) is 28.0 Å². The van der Waals surface area contributed by atoms with Crippen LogP contribution in [0, 0.1) is 11.3 Å². The second-order valence-electron chi connectivity index (χ2n) is 7.98. The number of carbonyl (C=O) groups is 3. The van der Waals surface area contributed by atoms with Crippen molar-refractivity contribution in [3.63, 3.8) is 0 Å². The van der Waals surface area contributed by atoms with Crippen LogP contribution >= 0.6 is 0 Å². The third-order valence-electron chi connectivity index (χ3n) is 5.62. The van der Waals surface area contributed by atoms with Gasteiger partial charge in [-0.3, -0.25) is 19.9 Å². The molecule has 0 bridgehead atoms. The molecular formula is C23H18F3N5O4. The van der Waals surface area contributed by atoms with Crippen LogP contribution in [0.4, 0.5) is 23.7 Å². The molecule has 0 saturated carbocycles. The summed E-state index contributed by atoms with van der Waals surface area (Å²) in [4.78, 5) is 40.3. The highest BCUT2D eigenvalue weighted by Gasteiger charge is 2.46. The van der Waals surface area contributed by atoms with E-state index in [1.54, 1.807) is 0 Å². The number of alkyl halides is 3. The number of nitriles is 1. The summed E-state index contributed by atoms with van der Waals surface area (Å²) >= 11 is 0. The predicted molar refractivity (Wildman–Crippen MR) is 115 cm³/mol. The Labute approximate surface area is 197 Å². The predicted octanol–water partition coefficient (Wildman–Crippen LogP) is 2.88. The van der Waals surface area contributed by atoms with Gasteiger partial charge in [0.15, 0.2) is 0 Å². The van der Waals surface area contributed by atoms with Crippen LogP contribution in [-0.2, 0) is 15.8 Å². The maximum Gasteiger partial charge on any atom is 0.416 e. The van der Waals surface area contributed by atoms with Crippen LogP contribution < -0.4 is 10.3 Å². The number of rotatable bonds is 4. The molecule has 3 amide bonds. The van der Waals surface area contributed by atoms with Gasteiger partial charge in [0.1, 0.15) is 6.54 Å². The summed E-state index contributed by atoms with van der Waals surface area (Å²) in [7, 11) is 1.52. The second kappa shape index (κ2) is 8.77. The summed E-state index contributed by atoms with van der Waals surface area (Å²) in [5.74, 6) is -2.01. The number of benzene rings is 2. The Morgan fingerprint density at radius 1 is 1.20 bits per heavy atom. The van der Waals surface area contributed by atoms with Gasteiger partial charge in [-0.25, -0.2) is 9.80 Å². The first-order chi connectivity index (χ1) is 16.5. The summed E-state index contributed by atoms with van der Waals surface area (Å²) in [6, 6.07) is 9.88. The average molecular weight is 485 g/mol. The number of carbonyl (C=O) groups excluding carboxylic acids is 2. The third-order valence-corrected chi connectivity index (χ3v) is 5.62. The fraction of sp³-hybridized carbons (Fsp3) is 0.217. The van der Waals surface area contributed by atoms with E-state index in [1.165, 1.54) is 42.4 Å². The zero-order valence-electron chi connectivity index (χ0n) is 18.2. The number of carboxylic acids is 1. The molecule has 2 aliphatic rings. The van der Waals surface area contributed by atoms with Gasteiger partial charge in [-0.15, -0.1) is 0 Å². The van der Waals surface area contributed by atoms with Crippen molar-refractivity contribution in [2.75, 3.05) is 25.0 Å². The Bertz CT molecular complexity index is 1280. The standard InChI is InChI=1S/C23H18F3N5O4/c1-29-11-17-19(21(34)28-29)20(14-7-5-13(10-27)6-8-14)30(12-18(32)33)22(35)31(17)16-4-2-3-15(9-16)23(24,25)26/h2-9,20H,11-12H2,1H3,(H,28,34)(H,32,33)/t20-/m1/s1. The Balaban J connectivity index is 1.96. The maximum absolute atomic E-state index is 13.7. The molecule has 0 aliphatic carbocycles. The Morgan fingerprint density at radius 3 is 2.49 bits per heavy atom. The number of carboxylic acid groups (broad SMARTS) is 1. The lowest BCUT2D eigenvalue weighted by molar-refractivity contribution is -0.138. The van der Waals surface area contributed by atoms with Crippen LogP contribution in [0.2, 0.25) is 0 Å². The molecule has 4 rings (SSSR count). The highest BCUT2D eigenvalue weighted by atomic mass is 19.4. The minimum absolute atomic E-state index is 0.0195. The van der Waals surface area contributed by atoms with Gasteiger partial charge in [0.25, 0.3) is 5.91 Å². The van der Waals surface area contributed by atoms with Crippen LogP contribution in [0.5, 0.6) is 0 Å². The van der Waals surface area contributed by atoms with Gasteiger partial charge in [0, 0.05) is 7.05 Å². The summed E-state index contributed by atoms with van der Waals surface area (Å²) in [5, 5.41) is 20.0. The van der Waals surface area contributed by atoms with Crippen LogP contribution in [0.25, 0.3) is 0 Å². The van der Waals surface area contributed by atoms with Gasteiger partial charge >= 0.3 is 18.2 Å². The molecule has 35 heavy (non-hydrogen) atoms. The first-order valence-corrected chi connectivity index (χ1v) is 10.3. The van der Waals surface area contributed by atoms with E-state index in [-0.39, 0.29) is 23.5 Å². The highest BCUT2D eigenvalue weighted by molar-refractivity contribution is 6.06. The number of aliphatic carboxylic acids is 1. The molecule has 0 aromatic heterocycles. The minimum Gasteiger partial charge on any atom is -0.480 e. The Kier molecular flexibility index (Phi) is 5.96. The van der Waals surface area contributed by atoms with E-state index in [9.17, 15) is 32.7 Å². The third kappa shape index (κ3) is 4.41. The van der Waals surface area contributed by atoms with Crippen LogP contribution in [0.1, 0.15) is 22.7 Å². The summed E-state index contributed by atoms with van der Waals surface area (Å²) in [6.45, 7) is -0.852. The Hall–Kier alpha value is -4.37. The minimum atomic E-state index is -4.68. The summed E-state index contributed by atoms with van der Waals surface area (Å²) in [5.41, 5.74) is 2.25. The van der Waals surface area contributed by atoms with Crippen molar-refractivity contribution in [3.8, 4) is 6.07 Å². The van der Waals surface area contributed by atoms with Crippen molar-refractivity contribution in [2.24, 2.45) is 0 Å². The van der Waals surface area contributed by atoms with Gasteiger partial charge in [0.05, 0.1) is 46.7 Å². The van der Waals surface area contributed by atoms with Crippen molar-refractivity contribution < 1.29 is 32.7 Å². The normalized spacial score (nSPS) is 18.8. The number of hydrogen-bond acceptors (Lipinski definition) is 5. The van der Waals surface area contributed by atoms with Crippen molar-refractivity contribution >= 4 is 23.6 Å². The molecule has 0 spiro atoms.